The number of nitrogens with one attached hydrogen (secondary N) is 1. The Morgan fingerprint density at radius 1 is 1.38 bits per heavy atom. The first-order chi connectivity index (χ1) is 10.0. The summed E-state index contributed by atoms with van der Waals surface area (Å²) in [6, 6.07) is 4.25. The first kappa shape index (κ1) is 15.7. The molecule has 0 unspecified atom stereocenters. The molecule has 0 saturated carbocycles. The van der Waals surface area contributed by atoms with E-state index in [1.807, 2.05) is 6.92 Å². The lowest BCUT2D eigenvalue weighted by atomic mass is 10.2. The first-order valence-electron chi connectivity index (χ1n) is 7.11. The van der Waals surface area contributed by atoms with Gasteiger partial charge in [0.25, 0.3) is 0 Å². The molecular formula is C15H23N5S. The lowest BCUT2D eigenvalue weighted by Gasteiger charge is -2.22. The molecule has 3 N–H and O–H groups in total. The largest absolute Gasteiger partial charge is 0.359 e. The summed E-state index contributed by atoms with van der Waals surface area (Å²) in [5.74, 6) is 8.30. The zero-order chi connectivity index (χ0) is 15.4. The summed E-state index contributed by atoms with van der Waals surface area (Å²) in [6.45, 7) is 7.08. The van der Waals surface area contributed by atoms with Crippen LogP contribution in [-0.4, -0.2) is 23.6 Å². The predicted octanol–water partition coefficient (Wildman–Crippen LogP) is 2.93. The van der Waals surface area contributed by atoms with Crippen LogP contribution in [0.4, 0.5) is 11.6 Å². The van der Waals surface area contributed by atoms with Gasteiger partial charge in [-0.2, -0.15) is 0 Å². The van der Waals surface area contributed by atoms with Gasteiger partial charge in [0.2, 0.25) is 0 Å². The second-order valence-corrected chi connectivity index (χ2v) is 6.46. The second-order valence-electron chi connectivity index (χ2n) is 5.43. The third-order valence-electron chi connectivity index (χ3n) is 3.43. The highest BCUT2D eigenvalue weighted by Crippen LogP contribution is 2.25. The average Bonchev–Trinajstić information content (AvgIpc) is 2.98. The molecule has 0 bridgehead atoms. The summed E-state index contributed by atoms with van der Waals surface area (Å²) < 4.78 is 0. The summed E-state index contributed by atoms with van der Waals surface area (Å²) in [5.41, 5.74) is 3.66. The highest BCUT2D eigenvalue weighted by Gasteiger charge is 2.15. The van der Waals surface area contributed by atoms with Crippen LogP contribution in [0.2, 0.25) is 0 Å². The standard InChI is InChI=1S/C15H23N5S/c1-10(2)13-17-14(19-16)11(3)15(18-13)20(4)8-7-12-6-5-9-21-12/h5-6,9-10H,7-8,16H2,1-4H3,(H,17,18,19). The molecule has 114 valence electrons. The molecular weight excluding hydrogens is 282 g/mol. The van der Waals surface area contributed by atoms with Crippen molar-refractivity contribution in [2.45, 2.75) is 33.1 Å². The van der Waals surface area contributed by atoms with E-state index in [1.165, 1.54) is 4.88 Å². The van der Waals surface area contributed by atoms with Crippen LogP contribution in [0, 0.1) is 6.92 Å². The third kappa shape index (κ3) is 3.71. The molecule has 2 aromatic heterocycles. The van der Waals surface area contributed by atoms with Crippen LogP contribution in [0.25, 0.3) is 0 Å². The molecule has 2 aromatic rings. The molecule has 6 heteroatoms. The third-order valence-corrected chi connectivity index (χ3v) is 4.36. The average molecular weight is 305 g/mol. The Bertz CT molecular complexity index is 580. The Hall–Kier alpha value is -1.66. The van der Waals surface area contributed by atoms with Gasteiger partial charge in [-0.15, -0.1) is 11.3 Å². The van der Waals surface area contributed by atoms with E-state index >= 15 is 0 Å². The molecule has 2 heterocycles. The van der Waals surface area contributed by atoms with E-state index in [1.54, 1.807) is 11.3 Å². The van der Waals surface area contributed by atoms with Gasteiger partial charge in [-0.3, -0.25) is 0 Å². The van der Waals surface area contributed by atoms with Gasteiger partial charge in [0.1, 0.15) is 17.5 Å². The number of nitrogen functional groups attached to an aromatic ring is 1. The number of anilines is 2. The smallest absolute Gasteiger partial charge is 0.148 e. The fraction of sp³-hybridized carbons (Fsp3) is 0.467. The summed E-state index contributed by atoms with van der Waals surface area (Å²) in [7, 11) is 2.06. The molecule has 0 aliphatic carbocycles. The van der Waals surface area contributed by atoms with E-state index < -0.39 is 0 Å². The molecule has 5 nitrogen and oxygen atoms in total. The van der Waals surface area contributed by atoms with Crippen molar-refractivity contribution < 1.29 is 0 Å². The minimum atomic E-state index is 0.266. The van der Waals surface area contributed by atoms with Gasteiger partial charge >= 0.3 is 0 Å². The zero-order valence-corrected chi connectivity index (χ0v) is 13.9. The minimum Gasteiger partial charge on any atom is -0.359 e. The molecule has 0 saturated heterocycles. The van der Waals surface area contributed by atoms with E-state index in [-0.39, 0.29) is 5.92 Å². The highest BCUT2D eigenvalue weighted by molar-refractivity contribution is 7.09. The number of hydrogen-bond donors (Lipinski definition) is 2. The molecule has 0 aliphatic heterocycles. The maximum absolute atomic E-state index is 5.58. The van der Waals surface area contributed by atoms with E-state index in [0.717, 1.165) is 30.2 Å². The lowest BCUT2D eigenvalue weighted by molar-refractivity contribution is 0.758. The quantitative estimate of drug-likeness (QED) is 0.634. The van der Waals surface area contributed by atoms with Gasteiger partial charge in [0, 0.05) is 30.0 Å². The van der Waals surface area contributed by atoms with Crippen molar-refractivity contribution in [1.29, 1.82) is 0 Å². The number of thiophene rings is 1. The van der Waals surface area contributed by atoms with Crippen molar-refractivity contribution in [3.63, 3.8) is 0 Å². The van der Waals surface area contributed by atoms with Crippen molar-refractivity contribution in [3.8, 4) is 0 Å². The fourth-order valence-electron chi connectivity index (χ4n) is 2.13. The SMILES string of the molecule is Cc1c(NN)nc(C(C)C)nc1N(C)CCc1cccs1. The Labute approximate surface area is 130 Å². The van der Waals surface area contributed by atoms with Crippen LogP contribution in [0.5, 0.6) is 0 Å². The second kappa shape index (κ2) is 6.87. The van der Waals surface area contributed by atoms with Crippen LogP contribution in [0.3, 0.4) is 0 Å². The fourth-order valence-corrected chi connectivity index (χ4v) is 2.83. The Kier molecular flexibility index (Phi) is 5.14. The summed E-state index contributed by atoms with van der Waals surface area (Å²) in [6.07, 6.45) is 1.01. The first-order valence-corrected chi connectivity index (χ1v) is 7.99. The van der Waals surface area contributed by atoms with Gasteiger partial charge in [0.05, 0.1) is 0 Å². The van der Waals surface area contributed by atoms with Gasteiger partial charge in [-0.05, 0) is 24.8 Å². The summed E-state index contributed by atoms with van der Waals surface area (Å²) >= 11 is 1.79. The maximum atomic E-state index is 5.58. The monoisotopic (exact) mass is 305 g/mol. The van der Waals surface area contributed by atoms with E-state index in [9.17, 15) is 0 Å². The van der Waals surface area contributed by atoms with Crippen molar-refractivity contribution in [3.05, 3.63) is 33.8 Å². The van der Waals surface area contributed by atoms with Crippen LogP contribution >= 0.6 is 11.3 Å². The van der Waals surface area contributed by atoms with Crippen LogP contribution in [0.15, 0.2) is 17.5 Å². The molecule has 0 atom stereocenters. The number of hydrogen-bond acceptors (Lipinski definition) is 6. The molecule has 0 aliphatic rings. The highest BCUT2D eigenvalue weighted by atomic mass is 32.1. The van der Waals surface area contributed by atoms with Gasteiger partial charge in [0.15, 0.2) is 0 Å². The Morgan fingerprint density at radius 3 is 2.71 bits per heavy atom. The van der Waals surface area contributed by atoms with Gasteiger partial charge in [-0.1, -0.05) is 19.9 Å². The van der Waals surface area contributed by atoms with E-state index in [2.05, 4.69) is 53.7 Å². The Balaban J connectivity index is 2.22. The van der Waals surface area contributed by atoms with E-state index in [4.69, 9.17) is 10.8 Å². The Morgan fingerprint density at radius 2 is 2.14 bits per heavy atom. The van der Waals surface area contributed by atoms with Crippen molar-refractivity contribution in [1.82, 2.24) is 9.97 Å². The molecule has 0 radical (unpaired) electrons. The number of nitrogens with zero attached hydrogens (tertiary/aromatic N) is 3. The topological polar surface area (TPSA) is 67.1 Å². The molecule has 0 spiro atoms. The van der Waals surface area contributed by atoms with Gasteiger partial charge in [-0.25, -0.2) is 15.8 Å². The molecule has 0 amide bonds. The van der Waals surface area contributed by atoms with Crippen molar-refractivity contribution in [2.24, 2.45) is 5.84 Å². The van der Waals surface area contributed by atoms with Crippen LogP contribution in [-0.2, 0) is 6.42 Å². The number of aromatic nitrogens is 2. The summed E-state index contributed by atoms with van der Waals surface area (Å²) in [4.78, 5) is 12.7. The summed E-state index contributed by atoms with van der Waals surface area (Å²) in [5, 5.41) is 2.11. The van der Waals surface area contributed by atoms with Crippen LogP contribution in [0.1, 0.15) is 36.0 Å². The van der Waals surface area contributed by atoms with E-state index in [0.29, 0.717) is 5.82 Å². The normalized spacial score (nSPS) is 11.0. The number of nitrogens with two attached hydrogens (primary N) is 1. The molecule has 21 heavy (non-hydrogen) atoms. The minimum absolute atomic E-state index is 0.266. The maximum Gasteiger partial charge on any atom is 0.148 e. The molecule has 0 fully saturated rings. The predicted molar refractivity (Wildman–Crippen MR) is 90.0 cm³/mol. The number of rotatable bonds is 6. The van der Waals surface area contributed by atoms with Crippen molar-refractivity contribution >= 4 is 23.0 Å². The zero-order valence-electron chi connectivity index (χ0n) is 13.1. The van der Waals surface area contributed by atoms with Crippen LogP contribution < -0.4 is 16.2 Å². The lowest BCUT2D eigenvalue weighted by Crippen LogP contribution is -2.24. The van der Waals surface area contributed by atoms with Gasteiger partial charge < -0.3 is 10.3 Å². The molecule has 0 aromatic carbocycles. The number of hydrazine groups is 1. The molecule has 2 rings (SSSR count). The number of likely N-dealkylation sites (N-methyl/N-ethyl adjacent to an activating group) is 1. The van der Waals surface area contributed by atoms with Crippen molar-refractivity contribution in [2.75, 3.05) is 23.9 Å².